The number of hydrogen-bond acceptors (Lipinski definition) is 3. The van der Waals surface area contributed by atoms with E-state index in [9.17, 15) is 9.59 Å². The van der Waals surface area contributed by atoms with Crippen LogP contribution >= 0.6 is 15.9 Å². The first kappa shape index (κ1) is 18.2. The maximum absolute atomic E-state index is 12.2. The van der Waals surface area contributed by atoms with Crippen LogP contribution in [0.25, 0.3) is 0 Å². The Morgan fingerprint density at radius 3 is 2.25 bits per heavy atom. The van der Waals surface area contributed by atoms with Crippen molar-refractivity contribution in [3.05, 3.63) is 64.1 Å². The van der Waals surface area contributed by atoms with Gasteiger partial charge in [0.05, 0.1) is 5.69 Å². The summed E-state index contributed by atoms with van der Waals surface area (Å²) in [5.41, 5.74) is 1.70. The van der Waals surface area contributed by atoms with Crippen molar-refractivity contribution in [2.24, 2.45) is 0 Å². The zero-order valence-corrected chi connectivity index (χ0v) is 14.9. The van der Waals surface area contributed by atoms with E-state index in [0.717, 1.165) is 10.9 Å². The fourth-order valence-electron chi connectivity index (χ4n) is 2.05. The highest BCUT2D eigenvalue weighted by Gasteiger charge is 2.10. The predicted octanol–water partition coefficient (Wildman–Crippen LogP) is 3.47. The lowest BCUT2D eigenvalue weighted by molar-refractivity contribution is 0.0947. The van der Waals surface area contributed by atoms with E-state index in [4.69, 9.17) is 4.74 Å². The molecular weight excluding hydrogens is 372 g/mol. The molecule has 0 unspecified atom stereocenters. The largest absolute Gasteiger partial charge is 0.385 e. The summed E-state index contributed by atoms with van der Waals surface area (Å²) in [5.74, 6) is -0.391. The molecule has 0 radical (unpaired) electrons. The number of amides is 2. The summed E-state index contributed by atoms with van der Waals surface area (Å²) in [5, 5.41) is 5.63. The van der Waals surface area contributed by atoms with Crippen LogP contribution in [0.3, 0.4) is 0 Å². The quantitative estimate of drug-likeness (QED) is 0.711. The van der Waals surface area contributed by atoms with Gasteiger partial charge in [-0.3, -0.25) is 9.59 Å². The Labute approximate surface area is 149 Å². The Kier molecular flexibility index (Phi) is 6.96. The van der Waals surface area contributed by atoms with Gasteiger partial charge < -0.3 is 15.4 Å². The van der Waals surface area contributed by atoms with Crippen LogP contribution in [0.5, 0.6) is 0 Å². The van der Waals surface area contributed by atoms with E-state index >= 15 is 0 Å². The summed E-state index contributed by atoms with van der Waals surface area (Å²) >= 11 is 3.39. The summed E-state index contributed by atoms with van der Waals surface area (Å²) in [4.78, 5) is 24.2. The van der Waals surface area contributed by atoms with Crippen molar-refractivity contribution in [3.63, 3.8) is 0 Å². The highest BCUT2D eigenvalue weighted by molar-refractivity contribution is 9.10. The summed E-state index contributed by atoms with van der Waals surface area (Å²) in [6.07, 6.45) is 0.759. The highest BCUT2D eigenvalue weighted by Crippen LogP contribution is 2.21. The third-order valence-corrected chi connectivity index (χ3v) is 4.03. The topological polar surface area (TPSA) is 67.4 Å². The van der Waals surface area contributed by atoms with E-state index in [-0.39, 0.29) is 11.8 Å². The third-order valence-electron chi connectivity index (χ3n) is 3.34. The lowest BCUT2D eigenvalue weighted by Crippen LogP contribution is -2.25. The van der Waals surface area contributed by atoms with E-state index in [2.05, 4.69) is 26.6 Å². The van der Waals surface area contributed by atoms with Gasteiger partial charge in [-0.2, -0.15) is 0 Å². The molecule has 126 valence electrons. The molecule has 0 aliphatic heterocycles. The SMILES string of the molecule is COCCCNC(=O)c1ccc(C(=O)Nc2ccccc2Br)cc1. The molecule has 0 saturated heterocycles. The Bertz CT molecular complexity index is 702. The van der Waals surface area contributed by atoms with Crippen LogP contribution in [-0.4, -0.2) is 32.1 Å². The second-order valence-electron chi connectivity index (χ2n) is 5.11. The molecular formula is C18H19BrN2O3. The maximum Gasteiger partial charge on any atom is 0.255 e. The summed E-state index contributed by atoms with van der Waals surface area (Å²) < 4.78 is 5.74. The van der Waals surface area contributed by atoms with Gasteiger partial charge in [0.15, 0.2) is 0 Å². The molecule has 0 aliphatic carbocycles. The van der Waals surface area contributed by atoms with Crippen molar-refractivity contribution in [2.45, 2.75) is 6.42 Å². The second kappa shape index (κ2) is 9.20. The minimum absolute atomic E-state index is 0.163. The molecule has 2 amide bonds. The molecule has 6 heteroatoms. The molecule has 2 N–H and O–H groups in total. The van der Waals surface area contributed by atoms with Crippen LogP contribution in [-0.2, 0) is 4.74 Å². The number of anilines is 1. The molecule has 0 heterocycles. The number of para-hydroxylation sites is 1. The highest BCUT2D eigenvalue weighted by atomic mass is 79.9. The molecule has 0 atom stereocenters. The normalized spacial score (nSPS) is 10.2. The van der Waals surface area contributed by atoms with Crippen LogP contribution in [0.15, 0.2) is 53.0 Å². The van der Waals surface area contributed by atoms with Gasteiger partial charge in [0.1, 0.15) is 0 Å². The van der Waals surface area contributed by atoms with E-state index in [1.807, 2.05) is 24.3 Å². The molecule has 2 rings (SSSR count). The number of ether oxygens (including phenoxy) is 1. The average molecular weight is 391 g/mol. The van der Waals surface area contributed by atoms with Gasteiger partial charge in [0.25, 0.3) is 11.8 Å². The van der Waals surface area contributed by atoms with E-state index in [0.29, 0.717) is 30.0 Å². The maximum atomic E-state index is 12.2. The fourth-order valence-corrected chi connectivity index (χ4v) is 2.43. The average Bonchev–Trinajstić information content (AvgIpc) is 2.60. The lowest BCUT2D eigenvalue weighted by Gasteiger charge is -2.08. The van der Waals surface area contributed by atoms with Gasteiger partial charge in [-0.15, -0.1) is 0 Å². The third kappa shape index (κ3) is 5.18. The number of carbonyl (C=O) groups is 2. The fraction of sp³-hybridized carbons (Fsp3) is 0.222. The standard InChI is InChI=1S/C18H19BrN2O3/c1-24-12-4-11-20-17(22)13-7-9-14(10-8-13)18(23)21-16-6-3-2-5-15(16)19/h2-3,5-10H,4,11-12H2,1H3,(H,20,22)(H,21,23). The first-order chi connectivity index (χ1) is 11.6. The monoisotopic (exact) mass is 390 g/mol. The van der Waals surface area contributed by atoms with Crippen LogP contribution in [0, 0.1) is 0 Å². The Hall–Kier alpha value is -2.18. The van der Waals surface area contributed by atoms with Crippen molar-refractivity contribution in [2.75, 3.05) is 25.6 Å². The number of nitrogens with one attached hydrogen (secondary N) is 2. The Morgan fingerprint density at radius 2 is 1.62 bits per heavy atom. The zero-order valence-electron chi connectivity index (χ0n) is 13.3. The van der Waals surface area contributed by atoms with Crippen molar-refractivity contribution in [1.82, 2.24) is 5.32 Å². The van der Waals surface area contributed by atoms with E-state index < -0.39 is 0 Å². The number of halogens is 1. The first-order valence-electron chi connectivity index (χ1n) is 7.55. The van der Waals surface area contributed by atoms with Crippen molar-refractivity contribution >= 4 is 33.4 Å². The molecule has 0 bridgehead atoms. The van der Waals surface area contributed by atoms with Crippen molar-refractivity contribution in [1.29, 1.82) is 0 Å². The van der Waals surface area contributed by atoms with Crippen LogP contribution in [0.2, 0.25) is 0 Å². The predicted molar refractivity (Wildman–Crippen MR) is 97.4 cm³/mol. The van der Waals surface area contributed by atoms with Gasteiger partial charge in [0, 0.05) is 35.9 Å². The number of carbonyl (C=O) groups excluding carboxylic acids is 2. The lowest BCUT2D eigenvalue weighted by atomic mass is 10.1. The zero-order chi connectivity index (χ0) is 17.4. The molecule has 2 aromatic carbocycles. The van der Waals surface area contributed by atoms with Gasteiger partial charge in [0.2, 0.25) is 0 Å². The van der Waals surface area contributed by atoms with Crippen LogP contribution in [0.4, 0.5) is 5.69 Å². The van der Waals surface area contributed by atoms with Gasteiger partial charge in [-0.1, -0.05) is 12.1 Å². The first-order valence-corrected chi connectivity index (χ1v) is 8.34. The molecule has 2 aromatic rings. The minimum atomic E-state index is -0.228. The molecule has 0 spiro atoms. The Morgan fingerprint density at radius 1 is 1.00 bits per heavy atom. The molecule has 24 heavy (non-hydrogen) atoms. The molecule has 0 fully saturated rings. The summed E-state index contributed by atoms with van der Waals surface area (Å²) in [6, 6.07) is 13.9. The minimum Gasteiger partial charge on any atom is -0.385 e. The molecule has 0 saturated carbocycles. The molecule has 0 aliphatic rings. The van der Waals surface area contributed by atoms with Gasteiger partial charge in [-0.25, -0.2) is 0 Å². The second-order valence-corrected chi connectivity index (χ2v) is 5.97. The number of rotatable bonds is 7. The molecule has 5 nitrogen and oxygen atoms in total. The molecule has 0 aromatic heterocycles. The number of hydrogen-bond donors (Lipinski definition) is 2. The van der Waals surface area contributed by atoms with Crippen molar-refractivity contribution < 1.29 is 14.3 Å². The van der Waals surface area contributed by atoms with Crippen LogP contribution < -0.4 is 10.6 Å². The van der Waals surface area contributed by atoms with Gasteiger partial charge in [-0.05, 0) is 58.7 Å². The smallest absolute Gasteiger partial charge is 0.255 e. The van der Waals surface area contributed by atoms with Gasteiger partial charge >= 0.3 is 0 Å². The Balaban J connectivity index is 1.95. The van der Waals surface area contributed by atoms with Crippen molar-refractivity contribution in [3.8, 4) is 0 Å². The van der Waals surface area contributed by atoms with Crippen LogP contribution in [0.1, 0.15) is 27.1 Å². The van der Waals surface area contributed by atoms with E-state index in [1.54, 1.807) is 31.4 Å². The summed E-state index contributed by atoms with van der Waals surface area (Å²) in [7, 11) is 1.62. The summed E-state index contributed by atoms with van der Waals surface area (Å²) in [6.45, 7) is 1.16. The number of methoxy groups -OCH3 is 1. The number of benzene rings is 2. The van der Waals surface area contributed by atoms with E-state index in [1.165, 1.54) is 0 Å².